The normalized spacial score (nSPS) is 15.4. The molecular weight excluding hydrogens is 208 g/mol. The van der Waals surface area contributed by atoms with Crippen molar-refractivity contribution in [3.8, 4) is 0 Å². The molecule has 1 aliphatic heterocycles. The number of amides is 2. The van der Waals surface area contributed by atoms with Crippen LogP contribution in [0.3, 0.4) is 0 Å². The first-order valence-electron chi connectivity index (χ1n) is 4.62. The summed E-state index contributed by atoms with van der Waals surface area (Å²) in [5, 5.41) is 6.25. The van der Waals surface area contributed by atoms with Crippen molar-refractivity contribution < 1.29 is 9.59 Å². The zero-order valence-corrected chi connectivity index (χ0v) is 8.04. The van der Waals surface area contributed by atoms with Crippen molar-refractivity contribution in [3.63, 3.8) is 0 Å². The molecule has 1 aliphatic rings. The highest BCUT2D eigenvalue weighted by atomic mass is 16.2. The van der Waals surface area contributed by atoms with E-state index in [4.69, 9.17) is 0 Å². The van der Waals surface area contributed by atoms with Crippen molar-refractivity contribution in [2.75, 3.05) is 0 Å². The molecule has 0 aromatic carbocycles. The highest BCUT2D eigenvalue weighted by Gasteiger charge is 2.24. The highest BCUT2D eigenvalue weighted by molar-refractivity contribution is 6.33. The van der Waals surface area contributed by atoms with Gasteiger partial charge in [0.2, 0.25) is 0 Å². The summed E-state index contributed by atoms with van der Waals surface area (Å²) in [6.07, 6.45) is 4.36. The number of nitrogens with one attached hydrogen (secondary N) is 1. The van der Waals surface area contributed by atoms with E-state index in [1.807, 2.05) is 0 Å². The van der Waals surface area contributed by atoms with Gasteiger partial charge in [0.1, 0.15) is 0 Å². The number of nitrogens with zero attached hydrogens (tertiary/aromatic N) is 3. The molecule has 78 valence electrons. The number of hydrogen-bond donors (Lipinski definition) is 1. The molecule has 1 N–H and O–H groups in total. The lowest BCUT2D eigenvalue weighted by atomic mass is 10.2. The van der Waals surface area contributed by atoms with Gasteiger partial charge in [-0.05, 0) is 12.1 Å². The van der Waals surface area contributed by atoms with Crippen molar-refractivity contribution in [2.24, 2.45) is 0 Å². The van der Waals surface area contributed by atoms with Crippen LogP contribution in [0.2, 0.25) is 0 Å². The summed E-state index contributed by atoms with van der Waals surface area (Å²) in [7, 11) is 0. The number of carbonyl (C=O) groups is 2. The Hall–Kier alpha value is -2.50. The first-order chi connectivity index (χ1) is 7.75. The van der Waals surface area contributed by atoms with Crippen LogP contribution in [0.4, 0.5) is 0 Å². The summed E-state index contributed by atoms with van der Waals surface area (Å²) in [4.78, 5) is 26.6. The van der Waals surface area contributed by atoms with Crippen molar-refractivity contribution >= 4 is 23.0 Å². The SMILES string of the molecule is O=C1C=C(c2cnc3cccnn23)C(=O)N1. The molecule has 2 aromatic rings. The van der Waals surface area contributed by atoms with Gasteiger partial charge >= 0.3 is 0 Å². The quantitative estimate of drug-likeness (QED) is 0.665. The third-order valence-corrected chi connectivity index (χ3v) is 2.31. The maximum Gasteiger partial charge on any atom is 0.260 e. The summed E-state index contributed by atoms with van der Waals surface area (Å²) in [6, 6.07) is 3.52. The number of hydrogen-bond acceptors (Lipinski definition) is 4. The molecule has 3 rings (SSSR count). The Morgan fingerprint density at radius 3 is 2.94 bits per heavy atom. The largest absolute Gasteiger partial charge is 0.289 e. The molecule has 0 spiro atoms. The van der Waals surface area contributed by atoms with Crippen molar-refractivity contribution in [2.45, 2.75) is 0 Å². The lowest BCUT2D eigenvalue weighted by Gasteiger charge is -1.98. The Morgan fingerprint density at radius 1 is 1.31 bits per heavy atom. The second-order valence-electron chi connectivity index (χ2n) is 3.31. The molecule has 0 saturated heterocycles. The van der Waals surface area contributed by atoms with Crippen LogP contribution in [-0.2, 0) is 9.59 Å². The van der Waals surface area contributed by atoms with E-state index in [2.05, 4.69) is 15.4 Å². The van der Waals surface area contributed by atoms with Gasteiger partial charge in [0, 0.05) is 12.3 Å². The zero-order valence-electron chi connectivity index (χ0n) is 8.04. The molecule has 0 saturated carbocycles. The minimum atomic E-state index is -0.419. The van der Waals surface area contributed by atoms with E-state index >= 15 is 0 Å². The van der Waals surface area contributed by atoms with Crippen LogP contribution in [-0.4, -0.2) is 26.4 Å². The molecular formula is C10H6N4O2. The van der Waals surface area contributed by atoms with E-state index in [1.54, 1.807) is 18.3 Å². The summed E-state index contributed by atoms with van der Waals surface area (Å²) in [5.41, 5.74) is 1.43. The third kappa shape index (κ3) is 1.13. The van der Waals surface area contributed by atoms with Crippen LogP contribution in [0.1, 0.15) is 5.69 Å². The van der Waals surface area contributed by atoms with Crippen molar-refractivity contribution in [1.29, 1.82) is 0 Å². The maximum atomic E-state index is 11.5. The fourth-order valence-electron chi connectivity index (χ4n) is 1.62. The topological polar surface area (TPSA) is 76.4 Å². The maximum absolute atomic E-state index is 11.5. The number of imide groups is 1. The van der Waals surface area contributed by atoms with E-state index in [9.17, 15) is 9.59 Å². The molecule has 2 aromatic heterocycles. The summed E-state index contributed by atoms with van der Waals surface area (Å²) in [5.74, 6) is -0.830. The smallest absolute Gasteiger partial charge is 0.260 e. The molecule has 6 nitrogen and oxygen atoms in total. The second kappa shape index (κ2) is 2.99. The van der Waals surface area contributed by atoms with Gasteiger partial charge < -0.3 is 0 Å². The van der Waals surface area contributed by atoms with Gasteiger partial charge in [0.25, 0.3) is 11.8 Å². The van der Waals surface area contributed by atoms with E-state index in [1.165, 1.54) is 16.8 Å². The van der Waals surface area contributed by atoms with E-state index in [0.29, 0.717) is 11.3 Å². The molecule has 0 bridgehead atoms. The van der Waals surface area contributed by atoms with Gasteiger partial charge in [-0.3, -0.25) is 14.9 Å². The molecule has 0 fully saturated rings. The molecule has 2 amide bonds. The van der Waals surface area contributed by atoms with E-state index in [0.717, 1.165) is 0 Å². The first kappa shape index (κ1) is 8.78. The summed E-state index contributed by atoms with van der Waals surface area (Å²) >= 11 is 0. The molecule has 16 heavy (non-hydrogen) atoms. The van der Waals surface area contributed by atoms with Crippen LogP contribution in [0.25, 0.3) is 11.2 Å². The van der Waals surface area contributed by atoms with Gasteiger partial charge in [0.05, 0.1) is 17.5 Å². The number of fused-ring (bicyclic) bond motifs is 1. The van der Waals surface area contributed by atoms with Crippen molar-refractivity contribution in [3.05, 3.63) is 36.3 Å². The first-order valence-corrected chi connectivity index (χ1v) is 4.62. The molecule has 3 heterocycles. The van der Waals surface area contributed by atoms with Crippen LogP contribution in [0, 0.1) is 0 Å². The minimum Gasteiger partial charge on any atom is -0.289 e. The van der Waals surface area contributed by atoms with Crippen LogP contribution < -0.4 is 5.32 Å². The Bertz CT molecular complexity index is 641. The minimum absolute atomic E-state index is 0.288. The molecule has 6 heteroatoms. The number of imidazole rings is 1. The molecule has 0 atom stereocenters. The summed E-state index contributed by atoms with van der Waals surface area (Å²) in [6.45, 7) is 0. The van der Waals surface area contributed by atoms with Crippen LogP contribution >= 0.6 is 0 Å². The zero-order chi connectivity index (χ0) is 11.1. The Labute approximate surface area is 89.6 Å². The van der Waals surface area contributed by atoms with Gasteiger partial charge in [0.15, 0.2) is 5.65 Å². The number of carbonyl (C=O) groups excluding carboxylic acids is 2. The average Bonchev–Trinajstić information content (AvgIpc) is 2.81. The predicted octanol–water partition coefficient (Wildman–Crippen LogP) is -0.231. The van der Waals surface area contributed by atoms with E-state index < -0.39 is 11.8 Å². The lowest BCUT2D eigenvalue weighted by molar-refractivity contribution is -0.123. The predicted molar refractivity (Wildman–Crippen MR) is 54.1 cm³/mol. The second-order valence-corrected chi connectivity index (χ2v) is 3.31. The molecule has 0 aliphatic carbocycles. The van der Waals surface area contributed by atoms with Crippen LogP contribution in [0.15, 0.2) is 30.6 Å². The highest BCUT2D eigenvalue weighted by Crippen LogP contribution is 2.18. The van der Waals surface area contributed by atoms with E-state index in [-0.39, 0.29) is 5.57 Å². The Kier molecular flexibility index (Phi) is 1.64. The average molecular weight is 214 g/mol. The Morgan fingerprint density at radius 2 is 2.19 bits per heavy atom. The fourth-order valence-corrected chi connectivity index (χ4v) is 1.62. The van der Waals surface area contributed by atoms with Gasteiger partial charge in [-0.15, -0.1) is 0 Å². The van der Waals surface area contributed by atoms with Gasteiger partial charge in [-0.1, -0.05) is 0 Å². The van der Waals surface area contributed by atoms with Crippen LogP contribution in [0.5, 0.6) is 0 Å². The molecule has 0 unspecified atom stereocenters. The van der Waals surface area contributed by atoms with Gasteiger partial charge in [-0.25, -0.2) is 9.50 Å². The lowest BCUT2D eigenvalue weighted by Crippen LogP contribution is -2.22. The third-order valence-electron chi connectivity index (χ3n) is 2.31. The molecule has 0 radical (unpaired) electrons. The Balaban J connectivity index is 2.24. The van der Waals surface area contributed by atoms with Gasteiger partial charge in [-0.2, -0.15) is 5.10 Å². The standard InChI is InChI=1S/C10H6N4O2/c15-9-4-6(10(16)13-9)7-5-11-8-2-1-3-12-14(7)8/h1-5H,(H,13,15,16). The van der Waals surface area contributed by atoms with Crippen molar-refractivity contribution in [1.82, 2.24) is 19.9 Å². The number of rotatable bonds is 1. The summed E-state index contributed by atoms with van der Waals surface area (Å²) < 4.78 is 1.52. The monoisotopic (exact) mass is 214 g/mol. The fraction of sp³-hybridized carbons (Fsp3) is 0. The number of aromatic nitrogens is 3.